The highest BCUT2D eigenvalue weighted by atomic mass is 16.4. The van der Waals surface area contributed by atoms with Crippen LogP contribution >= 0.6 is 0 Å². The lowest BCUT2D eigenvalue weighted by atomic mass is 10.1. The van der Waals surface area contributed by atoms with Gasteiger partial charge in [0.1, 0.15) is 0 Å². The summed E-state index contributed by atoms with van der Waals surface area (Å²) in [7, 11) is 0. The lowest BCUT2D eigenvalue weighted by Gasteiger charge is -2.02. The summed E-state index contributed by atoms with van der Waals surface area (Å²) in [5.74, 6) is -0.672. The number of hydrogen-bond donors (Lipinski definition) is 2. The van der Waals surface area contributed by atoms with Crippen LogP contribution in [0.1, 0.15) is 51.9 Å². The lowest BCUT2D eigenvalue weighted by molar-refractivity contribution is -0.137. The zero-order valence-corrected chi connectivity index (χ0v) is 9.22. The Labute approximate surface area is 86.9 Å². The van der Waals surface area contributed by atoms with Gasteiger partial charge in [-0.2, -0.15) is 0 Å². The molecule has 0 radical (unpaired) electrons. The highest BCUT2D eigenvalue weighted by molar-refractivity contribution is 5.66. The van der Waals surface area contributed by atoms with E-state index in [1.807, 2.05) is 0 Å². The van der Waals surface area contributed by atoms with E-state index in [1.165, 1.54) is 25.7 Å². The number of unbranched alkanes of at least 4 members (excludes halogenated alkanes) is 4. The minimum Gasteiger partial charge on any atom is -0.481 e. The second-order valence-electron chi connectivity index (χ2n) is 3.66. The molecule has 0 saturated carbocycles. The lowest BCUT2D eigenvalue weighted by Crippen LogP contribution is -2.15. The minimum atomic E-state index is -0.672. The van der Waals surface area contributed by atoms with Crippen LogP contribution in [0.2, 0.25) is 0 Å². The van der Waals surface area contributed by atoms with Crippen molar-refractivity contribution in [1.29, 1.82) is 0 Å². The van der Waals surface area contributed by atoms with Crippen molar-refractivity contribution in [2.75, 3.05) is 13.1 Å². The molecule has 0 rings (SSSR count). The van der Waals surface area contributed by atoms with Crippen LogP contribution in [0.15, 0.2) is 0 Å². The molecule has 0 spiro atoms. The molecule has 3 heteroatoms. The fourth-order valence-corrected chi connectivity index (χ4v) is 1.36. The van der Waals surface area contributed by atoms with E-state index in [0.29, 0.717) is 6.42 Å². The van der Waals surface area contributed by atoms with Crippen LogP contribution in [0.4, 0.5) is 0 Å². The van der Waals surface area contributed by atoms with Crippen LogP contribution in [-0.2, 0) is 4.79 Å². The van der Waals surface area contributed by atoms with E-state index >= 15 is 0 Å². The van der Waals surface area contributed by atoms with Crippen molar-refractivity contribution < 1.29 is 9.90 Å². The first-order valence-electron chi connectivity index (χ1n) is 5.70. The zero-order valence-electron chi connectivity index (χ0n) is 9.22. The Hall–Kier alpha value is -0.570. The Balaban J connectivity index is 2.88. The number of rotatable bonds is 10. The molecule has 0 atom stereocenters. The van der Waals surface area contributed by atoms with E-state index < -0.39 is 5.97 Å². The van der Waals surface area contributed by atoms with Gasteiger partial charge in [0.2, 0.25) is 0 Å². The van der Waals surface area contributed by atoms with Crippen molar-refractivity contribution in [1.82, 2.24) is 5.32 Å². The fourth-order valence-electron chi connectivity index (χ4n) is 1.36. The van der Waals surface area contributed by atoms with Crippen LogP contribution in [0.25, 0.3) is 0 Å². The molecule has 0 heterocycles. The summed E-state index contributed by atoms with van der Waals surface area (Å²) in [5.41, 5.74) is 0. The number of aliphatic carboxylic acids is 1. The van der Waals surface area contributed by atoms with E-state index in [9.17, 15) is 4.79 Å². The molecule has 84 valence electrons. The highest BCUT2D eigenvalue weighted by Gasteiger charge is 1.95. The normalized spacial score (nSPS) is 10.4. The molecule has 0 unspecified atom stereocenters. The largest absolute Gasteiger partial charge is 0.481 e. The topological polar surface area (TPSA) is 49.3 Å². The second-order valence-corrected chi connectivity index (χ2v) is 3.66. The van der Waals surface area contributed by atoms with Gasteiger partial charge in [-0.25, -0.2) is 0 Å². The predicted molar refractivity (Wildman–Crippen MR) is 58.5 cm³/mol. The Kier molecular flexibility index (Phi) is 10.1. The molecule has 14 heavy (non-hydrogen) atoms. The number of hydrogen-bond acceptors (Lipinski definition) is 2. The standard InChI is InChI=1S/C11H23NO2/c1-2-9-12-10-7-5-3-4-6-8-11(13)14/h12H,2-10H2,1H3,(H,13,14). The van der Waals surface area contributed by atoms with Crippen LogP contribution in [-0.4, -0.2) is 24.2 Å². The smallest absolute Gasteiger partial charge is 0.303 e. The van der Waals surface area contributed by atoms with Crippen molar-refractivity contribution >= 4 is 5.97 Å². The molecule has 0 fully saturated rings. The molecule has 0 aromatic heterocycles. The highest BCUT2D eigenvalue weighted by Crippen LogP contribution is 2.04. The first-order valence-corrected chi connectivity index (χ1v) is 5.70. The van der Waals surface area contributed by atoms with Crippen molar-refractivity contribution in [3.8, 4) is 0 Å². The fraction of sp³-hybridized carbons (Fsp3) is 0.909. The third-order valence-corrected chi connectivity index (χ3v) is 2.17. The number of nitrogens with one attached hydrogen (secondary N) is 1. The molecular weight excluding hydrogens is 178 g/mol. The van der Waals surface area contributed by atoms with E-state index in [4.69, 9.17) is 5.11 Å². The number of carboxylic acid groups (broad SMARTS) is 1. The van der Waals surface area contributed by atoms with Gasteiger partial charge >= 0.3 is 5.97 Å². The third-order valence-electron chi connectivity index (χ3n) is 2.17. The molecule has 0 aromatic carbocycles. The van der Waals surface area contributed by atoms with E-state index in [2.05, 4.69) is 12.2 Å². The summed E-state index contributed by atoms with van der Waals surface area (Å²) >= 11 is 0. The Morgan fingerprint density at radius 3 is 2.36 bits per heavy atom. The molecule has 0 aliphatic heterocycles. The first kappa shape index (κ1) is 13.4. The van der Waals surface area contributed by atoms with Crippen LogP contribution in [0.3, 0.4) is 0 Å². The summed E-state index contributed by atoms with van der Waals surface area (Å²) in [5, 5.41) is 11.8. The van der Waals surface area contributed by atoms with Gasteiger partial charge in [0.05, 0.1) is 0 Å². The molecule has 0 aliphatic rings. The maximum atomic E-state index is 10.2. The summed E-state index contributed by atoms with van der Waals surface area (Å²) < 4.78 is 0. The Morgan fingerprint density at radius 2 is 1.71 bits per heavy atom. The van der Waals surface area contributed by atoms with Gasteiger partial charge in [-0.3, -0.25) is 4.79 Å². The summed E-state index contributed by atoms with van der Waals surface area (Å²) in [4.78, 5) is 10.2. The average molecular weight is 201 g/mol. The molecule has 2 N–H and O–H groups in total. The molecule has 0 bridgehead atoms. The van der Waals surface area contributed by atoms with Crippen molar-refractivity contribution in [3.05, 3.63) is 0 Å². The molecule has 0 saturated heterocycles. The van der Waals surface area contributed by atoms with E-state index in [0.717, 1.165) is 25.9 Å². The summed E-state index contributed by atoms with van der Waals surface area (Å²) in [6, 6.07) is 0. The Bertz CT molecular complexity index is 137. The molecular formula is C11H23NO2. The first-order chi connectivity index (χ1) is 6.77. The Morgan fingerprint density at radius 1 is 1.07 bits per heavy atom. The maximum Gasteiger partial charge on any atom is 0.303 e. The number of carboxylic acids is 1. The van der Waals surface area contributed by atoms with Gasteiger partial charge in [0.25, 0.3) is 0 Å². The zero-order chi connectivity index (χ0) is 10.6. The van der Waals surface area contributed by atoms with Crippen LogP contribution in [0, 0.1) is 0 Å². The second kappa shape index (κ2) is 10.5. The van der Waals surface area contributed by atoms with Crippen molar-refractivity contribution in [3.63, 3.8) is 0 Å². The van der Waals surface area contributed by atoms with E-state index in [1.54, 1.807) is 0 Å². The van der Waals surface area contributed by atoms with Crippen molar-refractivity contribution in [2.45, 2.75) is 51.9 Å². The van der Waals surface area contributed by atoms with Gasteiger partial charge in [-0.15, -0.1) is 0 Å². The quantitative estimate of drug-likeness (QED) is 0.534. The molecule has 0 aromatic rings. The predicted octanol–water partition coefficient (Wildman–Crippen LogP) is 2.41. The molecule has 3 nitrogen and oxygen atoms in total. The summed E-state index contributed by atoms with van der Waals surface area (Å²) in [6.07, 6.45) is 7.01. The van der Waals surface area contributed by atoms with Crippen LogP contribution in [0.5, 0.6) is 0 Å². The van der Waals surface area contributed by atoms with Gasteiger partial charge in [-0.1, -0.05) is 26.2 Å². The summed E-state index contributed by atoms with van der Waals surface area (Å²) in [6.45, 7) is 4.38. The van der Waals surface area contributed by atoms with Gasteiger partial charge in [0, 0.05) is 6.42 Å². The van der Waals surface area contributed by atoms with Gasteiger partial charge < -0.3 is 10.4 Å². The minimum absolute atomic E-state index is 0.327. The third kappa shape index (κ3) is 11.4. The van der Waals surface area contributed by atoms with Gasteiger partial charge in [0.15, 0.2) is 0 Å². The molecule has 0 aliphatic carbocycles. The maximum absolute atomic E-state index is 10.2. The monoisotopic (exact) mass is 201 g/mol. The van der Waals surface area contributed by atoms with E-state index in [-0.39, 0.29) is 0 Å². The average Bonchev–Trinajstić information content (AvgIpc) is 2.15. The number of carbonyl (C=O) groups is 1. The van der Waals surface area contributed by atoms with Crippen molar-refractivity contribution in [2.24, 2.45) is 0 Å². The SMILES string of the molecule is CCCNCCCCCCCC(=O)O. The van der Waals surface area contributed by atoms with Gasteiger partial charge in [-0.05, 0) is 32.4 Å². The molecule has 0 amide bonds. The van der Waals surface area contributed by atoms with Crippen LogP contribution < -0.4 is 5.32 Å².